The van der Waals surface area contributed by atoms with Gasteiger partial charge in [0.1, 0.15) is 0 Å². The molecule has 5 nitrogen and oxygen atoms in total. The Morgan fingerprint density at radius 2 is 1.72 bits per heavy atom. The van der Waals surface area contributed by atoms with Crippen LogP contribution in [0.4, 0.5) is 11.4 Å². The predicted octanol–water partition coefficient (Wildman–Crippen LogP) is 5.76. The van der Waals surface area contributed by atoms with Gasteiger partial charge in [0.05, 0.1) is 32.9 Å². The van der Waals surface area contributed by atoms with Gasteiger partial charge < -0.3 is 16.0 Å². The van der Waals surface area contributed by atoms with Gasteiger partial charge in [-0.2, -0.15) is 0 Å². The topological polar surface area (TPSA) is 70.2 Å². The van der Waals surface area contributed by atoms with Gasteiger partial charge in [-0.25, -0.2) is 0 Å². The lowest BCUT2D eigenvalue weighted by molar-refractivity contribution is -0.114. The Hall–Kier alpha value is -1.95. The van der Waals surface area contributed by atoms with Crippen molar-refractivity contribution in [2.75, 3.05) is 17.2 Å². The van der Waals surface area contributed by atoms with Crippen LogP contribution in [-0.2, 0) is 4.79 Å². The van der Waals surface area contributed by atoms with Gasteiger partial charge in [0.2, 0.25) is 5.91 Å². The Labute approximate surface area is 185 Å². The van der Waals surface area contributed by atoms with Crippen molar-refractivity contribution in [3.05, 3.63) is 57.0 Å². The van der Waals surface area contributed by atoms with E-state index >= 15 is 0 Å². The minimum Gasteiger partial charge on any atom is -0.375 e. The molecule has 3 N–H and O–H groups in total. The van der Waals surface area contributed by atoms with Crippen molar-refractivity contribution in [2.45, 2.75) is 38.1 Å². The van der Waals surface area contributed by atoms with Crippen LogP contribution < -0.4 is 16.0 Å². The second-order valence-corrected chi connectivity index (χ2v) is 8.20. The molecule has 0 atom stereocenters. The number of carbonyl (C=O) groups excluding carboxylic acids is 2. The first-order valence-corrected chi connectivity index (χ1v) is 10.7. The molecule has 0 saturated heterocycles. The zero-order chi connectivity index (χ0) is 20.8. The summed E-state index contributed by atoms with van der Waals surface area (Å²) >= 11 is 18.3. The molecular weight excluding hydrogens is 433 g/mol. The zero-order valence-corrected chi connectivity index (χ0v) is 18.0. The van der Waals surface area contributed by atoms with Crippen molar-refractivity contribution < 1.29 is 9.59 Å². The number of halogens is 3. The highest BCUT2D eigenvalue weighted by Gasteiger charge is 2.19. The summed E-state index contributed by atoms with van der Waals surface area (Å²) in [4.78, 5) is 24.9. The summed E-state index contributed by atoms with van der Waals surface area (Å²) in [5.74, 6) is -0.510. The fourth-order valence-electron chi connectivity index (χ4n) is 3.31. The molecule has 0 radical (unpaired) electrons. The smallest absolute Gasteiger partial charge is 0.253 e. The summed E-state index contributed by atoms with van der Waals surface area (Å²) in [7, 11) is 0. The molecule has 29 heavy (non-hydrogen) atoms. The number of amides is 2. The quantitative estimate of drug-likeness (QED) is 0.519. The van der Waals surface area contributed by atoms with Crippen LogP contribution in [0.25, 0.3) is 0 Å². The van der Waals surface area contributed by atoms with Gasteiger partial charge in [-0.15, -0.1) is 0 Å². The summed E-state index contributed by atoms with van der Waals surface area (Å²) in [6.07, 6.45) is 5.43. The van der Waals surface area contributed by atoms with Gasteiger partial charge in [-0.1, -0.05) is 60.1 Å². The molecule has 0 unspecified atom stereocenters. The molecular formula is C21H22Cl3N3O2. The fourth-order valence-corrected chi connectivity index (χ4v) is 3.88. The van der Waals surface area contributed by atoms with Crippen LogP contribution in [0.1, 0.15) is 42.5 Å². The lowest BCUT2D eigenvalue weighted by Gasteiger charge is -2.23. The average Bonchev–Trinajstić information content (AvgIpc) is 2.71. The van der Waals surface area contributed by atoms with Gasteiger partial charge in [0.15, 0.2) is 0 Å². The molecule has 3 rings (SSSR count). The Bertz CT molecular complexity index is 899. The second kappa shape index (κ2) is 10.2. The highest BCUT2D eigenvalue weighted by Crippen LogP contribution is 2.29. The van der Waals surface area contributed by atoms with E-state index in [9.17, 15) is 9.59 Å². The van der Waals surface area contributed by atoms with E-state index in [2.05, 4.69) is 16.0 Å². The second-order valence-electron chi connectivity index (χ2n) is 7.01. The largest absolute Gasteiger partial charge is 0.375 e. The summed E-state index contributed by atoms with van der Waals surface area (Å²) in [5, 5.41) is 9.85. The SMILES string of the molecule is O=C(CNc1cccc(Cl)c1Cl)Nc1ccc(Cl)c(C(=O)NC2CCCCC2)c1. The molecule has 1 saturated carbocycles. The van der Waals surface area contributed by atoms with E-state index in [1.54, 1.807) is 36.4 Å². The Morgan fingerprint density at radius 3 is 2.48 bits per heavy atom. The Balaban J connectivity index is 1.60. The van der Waals surface area contributed by atoms with E-state index in [0.717, 1.165) is 25.7 Å². The van der Waals surface area contributed by atoms with E-state index in [4.69, 9.17) is 34.8 Å². The van der Waals surface area contributed by atoms with Crippen molar-refractivity contribution in [2.24, 2.45) is 0 Å². The summed E-state index contributed by atoms with van der Waals surface area (Å²) in [5.41, 5.74) is 1.41. The third kappa shape index (κ3) is 6.01. The van der Waals surface area contributed by atoms with Crippen LogP contribution >= 0.6 is 34.8 Å². The van der Waals surface area contributed by atoms with Crippen LogP contribution in [0.15, 0.2) is 36.4 Å². The number of hydrogen-bond acceptors (Lipinski definition) is 3. The molecule has 0 spiro atoms. The highest BCUT2D eigenvalue weighted by molar-refractivity contribution is 6.43. The maximum atomic E-state index is 12.6. The molecule has 1 aliphatic rings. The van der Waals surface area contributed by atoms with E-state index < -0.39 is 0 Å². The fraction of sp³-hybridized carbons (Fsp3) is 0.333. The maximum Gasteiger partial charge on any atom is 0.253 e. The summed E-state index contributed by atoms with van der Waals surface area (Å²) < 4.78 is 0. The standard InChI is InChI=1S/C21H22Cl3N3O2/c22-16-10-9-14(11-15(16)21(29)27-13-5-2-1-3-6-13)26-19(28)12-25-18-8-4-7-17(23)20(18)24/h4,7-11,13,25H,1-3,5-6,12H2,(H,26,28)(H,27,29). The molecule has 1 fully saturated rings. The van der Waals surface area contributed by atoms with Crippen LogP contribution in [0.5, 0.6) is 0 Å². The molecule has 2 aromatic rings. The van der Waals surface area contributed by atoms with Gasteiger partial charge in [-0.05, 0) is 43.2 Å². The van der Waals surface area contributed by atoms with E-state index in [1.165, 1.54) is 6.42 Å². The number of anilines is 2. The lowest BCUT2D eigenvalue weighted by atomic mass is 9.95. The molecule has 154 valence electrons. The average molecular weight is 455 g/mol. The minimum atomic E-state index is -0.290. The van der Waals surface area contributed by atoms with E-state index in [0.29, 0.717) is 32.0 Å². The molecule has 1 aliphatic carbocycles. The van der Waals surface area contributed by atoms with Gasteiger partial charge in [0.25, 0.3) is 5.91 Å². The van der Waals surface area contributed by atoms with E-state index in [-0.39, 0.29) is 24.4 Å². The molecule has 0 aromatic heterocycles. The third-order valence-electron chi connectivity index (χ3n) is 4.83. The first-order chi connectivity index (χ1) is 13.9. The molecule has 2 aromatic carbocycles. The van der Waals surface area contributed by atoms with Crippen LogP contribution in [0.3, 0.4) is 0 Å². The van der Waals surface area contributed by atoms with Crippen LogP contribution in [0.2, 0.25) is 15.1 Å². The first-order valence-electron chi connectivity index (χ1n) is 9.52. The number of hydrogen-bond donors (Lipinski definition) is 3. The third-order valence-corrected chi connectivity index (χ3v) is 5.97. The molecule has 0 aliphatic heterocycles. The summed E-state index contributed by atoms with van der Waals surface area (Å²) in [6.45, 7) is -0.00765. The normalized spacial score (nSPS) is 14.3. The Morgan fingerprint density at radius 1 is 0.966 bits per heavy atom. The molecule has 0 heterocycles. The van der Waals surface area contributed by atoms with Crippen molar-refractivity contribution in [3.8, 4) is 0 Å². The number of benzene rings is 2. The van der Waals surface area contributed by atoms with Crippen molar-refractivity contribution in [1.82, 2.24) is 5.32 Å². The van der Waals surface area contributed by atoms with Gasteiger partial charge in [-0.3, -0.25) is 9.59 Å². The monoisotopic (exact) mass is 453 g/mol. The van der Waals surface area contributed by atoms with Gasteiger partial charge >= 0.3 is 0 Å². The van der Waals surface area contributed by atoms with Gasteiger partial charge in [0, 0.05) is 11.7 Å². The van der Waals surface area contributed by atoms with Crippen molar-refractivity contribution >= 4 is 58.0 Å². The highest BCUT2D eigenvalue weighted by atomic mass is 35.5. The minimum absolute atomic E-state index is 0.00765. The molecule has 0 bridgehead atoms. The number of carbonyl (C=O) groups is 2. The van der Waals surface area contributed by atoms with E-state index in [1.807, 2.05) is 0 Å². The number of nitrogens with one attached hydrogen (secondary N) is 3. The maximum absolute atomic E-state index is 12.6. The van der Waals surface area contributed by atoms with Crippen LogP contribution in [-0.4, -0.2) is 24.4 Å². The van der Waals surface area contributed by atoms with Crippen molar-refractivity contribution in [3.63, 3.8) is 0 Å². The predicted molar refractivity (Wildman–Crippen MR) is 119 cm³/mol. The van der Waals surface area contributed by atoms with Crippen molar-refractivity contribution in [1.29, 1.82) is 0 Å². The Kier molecular flexibility index (Phi) is 7.64. The molecule has 8 heteroatoms. The zero-order valence-electron chi connectivity index (χ0n) is 15.7. The first kappa shape index (κ1) is 21.8. The lowest BCUT2D eigenvalue weighted by Crippen LogP contribution is -2.36. The van der Waals surface area contributed by atoms with Crippen LogP contribution in [0, 0.1) is 0 Å². The number of rotatable bonds is 6. The molecule has 2 amide bonds. The summed E-state index contributed by atoms with van der Waals surface area (Å²) in [6, 6.07) is 10.2.